The van der Waals surface area contributed by atoms with Crippen molar-refractivity contribution in [2.75, 3.05) is 7.11 Å². The van der Waals surface area contributed by atoms with Crippen molar-refractivity contribution in [1.82, 2.24) is 0 Å². The van der Waals surface area contributed by atoms with Crippen LogP contribution in [0, 0.1) is 28.1 Å². The zero-order chi connectivity index (χ0) is 39.4. The van der Waals surface area contributed by atoms with Crippen LogP contribution in [0.1, 0.15) is 86.3 Å². The molecule has 294 valence electrons. The lowest BCUT2D eigenvalue weighted by Crippen LogP contribution is -2.95. The van der Waals surface area contributed by atoms with Gasteiger partial charge in [0, 0.05) is 69.3 Å². The largest absolute Gasteiger partial charge is 0.472 e. The molecule has 8 rings (SSSR count). The van der Waals surface area contributed by atoms with E-state index in [0.29, 0.717) is 5.56 Å². The summed E-state index contributed by atoms with van der Waals surface area (Å²) < 4.78 is 62.6. The molecule has 54 heavy (non-hydrogen) atoms. The maximum absolute atomic E-state index is 14.0. The topological polar surface area (TPSA) is 219 Å². The first-order chi connectivity index (χ1) is 25.1. The molecule has 0 radical (unpaired) electrons. The van der Waals surface area contributed by atoms with Crippen molar-refractivity contribution in [3.8, 4) is 0 Å². The number of fused-ring (bicyclic) bond motifs is 3. The molecule has 7 fully saturated rings. The lowest BCUT2D eigenvalue weighted by atomic mass is 9.32. The summed E-state index contributed by atoms with van der Waals surface area (Å²) in [7, 11) is 1.12. The number of ether oxygens (including phenoxy) is 9. The number of aliphatic hydroxyl groups is 1. The Bertz CT molecular complexity index is 1880. The fourth-order valence-corrected chi connectivity index (χ4v) is 13.2. The van der Waals surface area contributed by atoms with Crippen LogP contribution in [0.15, 0.2) is 23.0 Å². The van der Waals surface area contributed by atoms with E-state index in [0.717, 1.165) is 27.9 Å². The molecule has 4 saturated carbocycles. The van der Waals surface area contributed by atoms with Crippen LogP contribution in [-0.2, 0) is 71.4 Å². The van der Waals surface area contributed by atoms with Gasteiger partial charge in [0.1, 0.15) is 35.1 Å². The zero-order valence-corrected chi connectivity index (χ0v) is 31.4. The van der Waals surface area contributed by atoms with Gasteiger partial charge < -0.3 is 52.2 Å². The highest BCUT2D eigenvalue weighted by molar-refractivity contribution is 5.80. The average Bonchev–Trinajstić information content (AvgIpc) is 3.75. The smallest absolute Gasteiger partial charge is 0.347 e. The van der Waals surface area contributed by atoms with Crippen LogP contribution in [0.25, 0.3) is 0 Å². The van der Waals surface area contributed by atoms with E-state index < -0.39 is 129 Å². The van der Waals surface area contributed by atoms with Crippen LogP contribution in [0.3, 0.4) is 0 Å². The SMILES string of the molecule is COC(=O)[C@@H](OC(C)=O)[C@H]1[C@]2(C)C[C@@]34OC5(C)O[C@]6([C@@H]7CC(=O)O[C@@H](c8ccoc8)[C@]7(C)[C@@H](OC(C)=O)C[C@]6(O5)[C@]13C)[C@H](OC(C)=O)[C@@]4(OC(C)=O)[C@H]2O. The van der Waals surface area contributed by atoms with Gasteiger partial charge in [0.2, 0.25) is 11.7 Å². The number of carbonyl (C=O) groups is 6. The van der Waals surface area contributed by atoms with E-state index >= 15 is 0 Å². The molecule has 4 bridgehead atoms. The van der Waals surface area contributed by atoms with Gasteiger partial charge in [0.15, 0.2) is 6.10 Å². The molecule has 0 aromatic carbocycles. The molecule has 17 nitrogen and oxygen atoms in total. The lowest BCUT2D eigenvalue weighted by Gasteiger charge is -2.77. The summed E-state index contributed by atoms with van der Waals surface area (Å²) in [5.74, 6) is -9.45. The number of hydrogen-bond donors (Lipinski definition) is 1. The highest BCUT2D eigenvalue weighted by Gasteiger charge is 3.06. The first-order valence-electron chi connectivity index (χ1n) is 17.9. The van der Waals surface area contributed by atoms with E-state index in [1.54, 1.807) is 26.8 Å². The predicted octanol–water partition coefficient (Wildman–Crippen LogP) is 1.95. The number of hydrogen-bond acceptors (Lipinski definition) is 17. The van der Waals surface area contributed by atoms with Crippen LogP contribution in [0.2, 0.25) is 0 Å². The lowest BCUT2D eigenvalue weighted by molar-refractivity contribution is -0.482. The van der Waals surface area contributed by atoms with Gasteiger partial charge >= 0.3 is 35.8 Å². The molecule has 0 amide bonds. The maximum Gasteiger partial charge on any atom is 0.347 e. The molecule has 1 N–H and O–H groups in total. The van der Waals surface area contributed by atoms with E-state index in [4.69, 9.17) is 47.0 Å². The quantitative estimate of drug-likeness (QED) is 0.310. The number of carbonyl (C=O) groups excluding carboxylic acids is 6. The van der Waals surface area contributed by atoms with Crippen molar-refractivity contribution in [2.24, 2.45) is 28.1 Å². The van der Waals surface area contributed by atoms with Gasteiger partial charge in [-0.15, -0.1) is 0 Å². The zero-order valence-electron chi connectivity index (χ0n) is 31.4. The fraction of sp³-hybridized carbons (Fsp3) is 0.730. The molecule has 1 aromatic rings. The number of methoxy groups -OCH3 is 1. The summed E-state index contributed by atoms with van der Waals surface area (Å²) in [6.45, 7) is 11.2. The van der Waals surface area contributed by atoms with Gasteiger partial charge in [0.05, 0.1) is 31.5 Å². The standard InChI is InChI=1S/C37H44O17/c1-16(38)47-22-13-34-32(7)25(24(27(43)45-9)48-17(2)39)30(5)15-35(32)37(28(30)44,51-19(4)41)29(49-18(3)40)36(34,54-33(8,52-34)53-35)21-12-23(42)50-26(31(21,22)6)20-10-11-46-14-20/h10-11,14,21-22,24-26,28-29,44H,12-13,15H2,1-9H3/t21-,22+,24+,25+,26+,28+,29+,30+,31+,32+,33?,34+,35-,36-,37+/m1/s1. The Morgan fingerprint density at radius 3 is 2.15 bits per heavy atom. The third-order valence-electron chi connectivity index (χ3n) is 14.2. The van der Waals surface area contributed by atoms with Crippen molar-refractivity contribution in [3.63, 3.8) is 0 Å². The van der Waals surface area contributed by atoms with Crippen LogP contribution in [0.5, 0.6) is 0 Å². The minimum absolute atomic E-state index is 0.165. The molecular weight excluding hydrogens is 716 g/mol. The Hall–Kier alpha value is -4.06. The third kappa shape index (κ3) is 3.79. The van der Waals surface area contributed by atoms with E-state index in [1.165, 1.54) is 26.4 Å². The van der Waals surface area contributed by atoms with Crippen molar-refractivity contribution >= 4 is 35.8 Å². The number of furan rings is 1. The second-order valence-electron chi connectivity index (χ2n) is 16.7. The molecule has 3 aliphatic heterocycles. The minimum Gasteiger partial charge on any atom is -0.472 e. The summed E-state index contributed by atoms with van der Waals surface area (Å²) in [5, 5.41) is 13.0. The Morgan fingerprint density at radius 2 is 1.57 bits per heavy atom. The predicted molar refractivity (Wildman–Crippen MR) is 172 cm³/mol. The summed E-state index contributed by atoms with van der Waals surface area (Å²) in [5.41, 5.74) is -12.6. The maximum atomic E-state index is 14.0. The van der Waals surface area contributed by atoms with Crippen LogP contribution >= 0.6 is 0 Å². The summed E-state index contributed by atoms with van der Waals surface area (Å²) in [6.07, 6.45) is -5.66. The fourth-order valence-electron chi connectivity index (χ4n) is 13.2. The molecule has 1 aromatic heterocycles. The Kier molecular flexibility index (Phi) is 7.39. The van der Waals surface area contributed by atoms with Crippen LogP contribution in [-0.4, -0.2) is 101 Å². The summed E-state index contributed by atoms with van der Waals surface area (Å²) in [6, 6.07) is 1.60. The molecule has 4 heterocycles. The molecular formula is C37H44O17. The van der Waals surface area contributed by atoms with Crippen molar-refractivity contribution in [2.45, 2.75) is 134 Å². The molecule has 17 heteroatoms. The van der Waals surface area contributed by atoms with Crippen molar-refractivity contribution in [1.29, 1.82) is 0 Å². The van der Waals surface area contributed by atoms with Crippen LogP contribution in [0.4, 0.5) is 0 Å². The summed E-state index contributed by atoms with van der Waals surface area (Å²) in [4.78, 5) is 80.7. The normalized spacial score (nSPS) is 49.2. The molecule has 15 atom stereocenters. The van der Waals surface area contributed by atoms with Gasteiger partial charge in [-0.25, -0.2) is 4.79 Å². The number of esters is 6. The monoisotopic (exact) mass is 760 g/mol. The van der Waals surface area contributed by atoms with Gasteiger partial charge in [-0.05, 0) is 12.5 Å². The number of aliphatic hydroxyl groups excluding tert-OH is 1. The molecule has 4 aliphatic carbocycles. The average molecular weight is 761 g/mol. The molecule has 7 aliphatic rings. The van der Waals surface area contributed by atoms with Crippen molar-refractivity contribution in [3.05, 3.63) is 24.2 Å². The first-order valence-corrected chi connectivity index (χ1v) is 17.9. The Balaban J connectivity index is 1.53. The Morgan fingerprint density at radius 1 is 0.907 bits per heavy atom. The van der Waals surface area contributed by atoms with E-state index in [9.17, 15) is 33.9 Å². The van der Waals surface area contributed by atoms with E-state index in [-0.39, 0.29) is 12.8 Å². The second-order valence-corrected chi connectivity index (χ2v) is 16.7. The highest BCUT2D eigenvalue weighted by atomic mass is 16.9. The Labute approximate surface area is 309 Å². The van der Waals surface area contributed by atoms with E-state index in [2.05, 4.69) is 0 Å². The second kappa shape index (κ2) is 10.8. The van der Waals surface area contributed by atoms with Gasteiger partial charge in [0.25, 0.3) is 5.97 Å². The van der Waals surface area contributed by atoms with E-state index in [1.807, 2.05) is 0 Å². The highest BCUT2D eigenvalue weighted by Crippen LogP contribution is 2.90. The van der Waals surface area contributed by atoms with Crippen molar-refractivity contribution < 1.29 is 80.9 Å². The van der Waals surface area contributed by atoms with Gasteiger partial charge in [-0.2, -0.15) is 0 Å². The third-order valence-corrected chi connectivity index (χ3v) is 14.2. The number of cyclic esters (lactones) is 1. The molecule has 1 unspecified atom stereocenters. The first kappa shape index (κ1) is 36.9. The number of rotatable bonds is 7. The summed E-state index contributed by atoms with van der Waals surface area (Å²) >= 11 is 0. The molecule has 2 spiro atoms. The van der Waals surface area contributed by atoms with Crippen LogP contribution < -0.4 is 0 Å². The van der Waals surface area contributed by atoms with Gasteiger partial charge in [-0.3, -0.25) is 24.0 Å². The minimum atomic E-state index is -2.30. The molecule has 3 saturated heterocycles. The van der Waals surface area contributed by atoms with Gasteiger partial charge in [-0.1, -0.05) is 20.8 Å².